The third kappa shape index (κ3) is 3.51. The molecule has 0 unspecified atom stereocenters. The summed E-state index contributed by atoms with van der Waals surface area (Å²) in [6.07, 6.45) is 3.71. The van der Waals surface area contributed by atoms with Crippen LogP contribution in [0.15, 0.2) is 24.3 Å². The zero-order valence-electron chi connectivity index (χ0n) is 17.1. The third-order valence-electron chi connectivity index (χ3n) is 7.35. The van der Waals surface area contributed by atoms with Crippen molar-refractivity contribution in [1.82, 2.24) is 4.90 Å². The average Bonchev–Trinajstić information content (AvgIpc) is 3.37. The van der Waals surface area contributed by atoms with Crippen LogP contribution >= 0.6 is 0 Å². The zero-order chi connectivity index (χ0) is 19.7. The number of carbonyl (C=O) groups is 1. The summed E-state index contributed by atoms with van der Waals surface area (Å²) in [6.45, 7) is 9.64. The number of nitriles is 1. The van der Waals surface area contributed by atoms with Crippen molar-refractivity contribution in [3.8, 4) is 6.07 Å². The Morgan fingerprint density at radius 3 is 2.50 bits per heavy atom. The van der Waals surface area contributed by atoms with Gasteiger partial charge in [-0.25, -0.2) is 0 Å². The molecule has 3 aliphatic heterocycles. The molecule has 5 heteroatoms. The molecule has 3 heterocycles. The van der Waals surface area contributed by atoms with Gasteiger partial charge in [0.1, 0.15) is 6.10 Å². The molecule has 0 aromatic heterocycles. The van der Waals surface area contributed by atoms with E-state index in [1.165, 1.54) is 5.69 Å². The Morgan fingerprint density at radius 1 is 1.18 bits per heavy atom. The second kappa shape index (κ2) is 7.75. The summed E-state index contributed by atoms with van der Waals surface area (Å²) in [6, 6.07) is 10.2. The lowest BCUT2D eigenvalue weighted by molar-refractivity contribution is -0.149. The maximum atomic E-state index is 12.3. The summed E-state index contributed by atoms with van der Waals surface area (Å²) >= 11 is 0. The Hall–Kier alpha value is -2.06. The number of rotatable bonds is 6. The number of ether oxygens (including phenoxy) is 1. The molecule has 0 spiro atoms. The van der Waals surface area contributed by atoms with E-state index in [0.29, 0.717) is 11.8 Å². The second-order valence-electron chi connectivity index (χ2n) is 8.85. The molecule has 3 fully saturated rings. The number of hydrogen-bond donors (Lipinski definition) is 0. The summed E-state index contributed by atoms with van der Waals surface area (Å²) < 4.78 is 5.71. The van der Waals surface area contributed by atoms with Gasteiger partial charge in [-0.05, 0) is 49.3 Å². The Balaban J connectivity index is 1.27. The molecule has 3 saturated heterocycles. The van der Waals surface area contributed by atoms with Crippen molar-refractivity contribution >= 4 is 11.7 Å². The van der Waals surface area contributed by atoms with E-state index in [1.54, 1.807) is 0 Å². The lowest BCUT2D eigenvalue weighted by Crippen LogP contribution is -2.31. The van der Waals surface area contributed by atoms with Crippen molar-refractivity contribution < 1.29 is 9.53 Å². The molecule has 1 aromatic rings. The van der Waals surface area contributed by atoms with E-state index in [9.17, 15) is 4.79 Å². The van der Waals surface area contributed by atoms with Crippen LogP contribution in [0.2, 0.25) is 0 Å². The van der Waals surface area contributed by atoms with E-state index in [0.717, 1.165) is 64.0 Å². The predicted octanol–water partition coefficient (Wildman–Crippen LogP) is 3.44. The van der Waals surface area contributed by atoms with Crippen LogP contribution in [0.3, 0.4) is 0 Å². The van der Waals surface area contributed by atoms with E-state index in [4.69, 9.17) is 10.00 Å². The first kappa shape index (κ1) is 19.3. The molecule has 4 rings (SSSR count). The summed E-state index contributed by atoms with van der Waals surface area (Å²) in [5.74, 6) is 1.42. The number of benzene rings is 1. The smallest absolute Gasteiger partial charge is 0.312 e. The topological polar surface area (TPSA) is 56.6 Å². The van der Waals surface area contributed by atoms with Crippen LogP contribution in [-0.2, 0) is 9.53 Å². The molecule has 0 amide bonds. The first-order valence-electron chi connectivity index (χ1n) is 10.8. The maximum absolute atomic E-state index is 12.3. The molecule has 150 valence electrons. The minimum Gasteiger partial charge on any atom is -0.462 e. The molecule has 0 aliphatic carbocycles. The van der Waals surface area contributed by atoms with Crippen LogP contribution < -0.4 is 4.90 Å². The normalized spacial score (nSPS) is 29.0. The van der Waals surface area contributed by atoms with Gasteiger partial charge in [0.15, 0.2) is 0 Å². The van der Waals surface area contributed by atoms with Crippen LogP contribution in [-0.4, -0.2) is 49.7 Å². The number of cyclic esters (lactones) is 1. The van der Waals surface area contributed by atoms with Gasteiger partial charge < -0.3 is 14.5 Å². The van der Waals surface area contributed by atoms with Crippen molar-refractivity contribution in [2.24, 2.45) is 17.3 Å². The fourth-order valence-corrected chi connectivity index (χ4v) is 5.41. The molecule has 5 nitrogen and oxygen atoms in total. The van der Waals surface area contributed by atoms with Gasteiger partial charge in [0.2, 0.25) is 0 Å². The van der Waals surface area contributed by atoms with Crippen LogP contribution in [0.1, 0.15) is 45.1 Å². The van der Waals surface area contributed by atoms with Crippen molar-refractivity contribution in [1.29, 1.82) is 5.26 Å². The van der Waals surface area contributed by atoms with Crippen LogP contribution in [0.5, 0.6) is 0 Å². The van der Waals surface area contributed by atoms with Gasteiger partial charge in [-0.2, -0.15) is 5.26 Å². The monoisotopic (exact) mass is 381 g/mol. The quantitative estimate of drug-likeness (QED) is 0.707. The third-order valence-corrected chi connectivity index (χ3v) is 7.35. The van der Waals surface area contributed by atoms with Crippen molar-refractivity contribution in [3.63, 3.8) is 0 Å². The molecule has 1 aromatic carbocycles. The Kier molecular flexibility index (Phi) is 5.33. The number of anilines is 1. The van der Waals surface area contributed by atoms with E-state index in [2.05, 4.69) is 35.8 Å². The highest BCUT2D eigenvalue weighted by Gasteiger charge is 2.46. The largest absolute Gasteiger partial charge is 0.462 e. The highest BCUT2D eigenvalue weighted by molar-refractivity contribution is 5.78. The minimum atomic E-state index is -0.231. The van der Waals surface area contributed by atoms with Crippen LogP contribution in [0, 0.1) is 28.6 Å². The van der Waals surface area contributed by atoms with Crippen molar-refractivity contribution in [2.45, 2.75) is 45.6 Å². The Bertz CT molecular complexity index is 753. The fourth-order valence-electron chi connectivity index (χ4n) is 5.41. The SMILES string of the molecule is CCC1(CC)C[C@@H](CCN2C[C@H]3CN(c4cccc(C#N)c4)C[C@@H]3C2)OC1=O. The van der Waals surface area contributed by atoms with Gasteiger partial charge >= 0.3 is 5.97 Å². The molecule has 0 saturated carbocycles. The first-order valence-corrected chi connectivity index (χ1v) is 10.8. The molecule has 28 heavy (non-hydrogen) atoms. The van der Waals surface area contributed by atoms with Gasteiger partial charge in [-0.3, -0.25) is 4.79 Å². The highest BCUT2D eigenvalue weighted by atomic mass is 16.6. The Morgan fingerprint density at radius 2 is 1.89 bits per heavy atom. The number of hydrogen-bond acceptors (Lipinski definition) is 5. The molecule has 0 radical (unpaired) electrons. The number of nitrogens with zero attached hydrogens (tertiary/aromatic N) is 3. The van der Waals surface area contributed by atoms with E-state index in [-0.39, 0.29) is 17.5 Å². The maximum Gasteiger partial charge on any atom is 0.312 e. The summed E-state index contributed by atoms with van der Waals surface area (Å²) in [4.78, 5) is 17.3. The summed E-state index contributed by atoms with van der Waals surface area (Å²) in [5.41, 5.74) is 1.68. The van der Waals surface area contributed by atoms with E-state index < -0.39 is 0 Å². The molecule has 3 aliphatic rings. The second-order valence-corrected chi connectivity index (χ2v) is 8.85. The van der Waals surface area contributed by atoms with Gasteiger partial charge in [0, 0.05) is 44.8 Å². The molecule has 0 bridgehead atoms. The van der Waals surface area contributed by atoms with Gasteiger partial charge in [0.05, 0.1) is 17.0 Å². The molecular weight excluding hydrogens is 350 g/mol. The van der Waals surface area contributed by atoms with Crippen molar-refractivity contribution in [3.05, 3.63) is 29.8 Å². The molecule has 0 N–H and O–H groups in total. The van der Waals surface area contributed by atoms with Crippen molar-refractivity contribution in [2.75, 3.05) is 37.6 Å². The Labute approximate surface area is 168 Å². The zero-order valence-corrected chi connectivity index (χ0v) is 17.1. The van der Waals surface area contributed by atoms with Gasteiger partial charge in [-0.15, -0.1) is 0 Å². The summed E-state index contributed by atoms with van der Waals surface area (Å²) in [5, 5.41) is 9.12. The van der Waals surface area contributed by atoms with Crippen LogP contribution in [0.4, 0.5) is 5.69 Å². The number of likely N-dealkylation sites (tertiary alicyclic amines) is 1. The standard InChI is InChI=1S/C23H31N3O2/c1-3-23(4-2)11-21(28-22(23)27)8-9-25-13-18-15-26(16-19(18)14-25)20-7-5-6-17(10-20)12-24/h5-7,10,18-19,21H,3-4,8-9,11,13-16H2,1-2H3/t18-,19-,21+/m0/s1. The van der Waals surface area contributed by atoms with Gasteiger partial charge in [0.25, 0.3) is 0 Å². The molecular formula is C23H31N3O2. The van der Waals surface area contributed by atoms with Crippen LogP contribution in [0.25, 0.3) is 0 Å². The first-order chi connectivity index (χ1) is 13.6. The predicted molar refractivity (Wildman–Crippen MR) is 109 cm³/mol. The number of carbonyl (C=O) groups excluding carboxylic acids is 1. The lowest BCUT2D eigenvalue weighted by atomic mass is 9.79. The van der Waals surface area contributed by atoms with E-state index >= 15 is 0 Å². The van der Waals surface area contributed by atoms with E-state index in [1.807, 2.05) is 18.2 Å². The lowest BCUT2D eigenvalue weighted by Gasteiger charge is -2.24. The number of fused-ring (bicyclic) bond motifs is 1. The highest BCUT2D eigenvalue weighted by Crippen LogP contribution is 2.41. The molecule has 3 atom stereocenters. The number of esters is 1. The summed E-state index contributed by atoms with van der Waals surface area (Å²) in [7, 11) is 0. The van der Waals surface area contributed by atoms with Gasteiger partial charge in [-0.1, -0.05) is 19.9 Å². The fraction of sp³-hybridized carbons (Fsp3) is 0.652. The average molecular weight is 382 g/mol. The minimum absolute atomic E-state index is 0.0241.